The summed E-state index contributed by atoms with van der Waals surface area (Å²) >= 11 is 1.27. The Morgan fingerprint density at radius 1 is 1.35 bits per heavy atom. The smallest absolute Gasteiger partial charge is 0.357 e. The zero-order valence-electron chi connectivity index (χ0n) is 12.2. The fourth-order valence-electron chi connectivity index (χ4n) is 1.94. The molecule has 0 atom stereocenters. The van der Waals surface area contributed by atoms with Gasteiger partial charge in [0.15, 0.2) is 5.69 Å². The topological polar surface area (TPSA) is 99.0 Å². The van der Waals surface area contributed by atoms with Crippen LogP contribution in [0.1, 0.15) is 22.4 Å². The molecule has 0 saturated carbocycles. The largest absolute Gasteiger partial charge is 0.461 e. The second-order valence-electron chi connectivity index (χ2n) is 4.50. The molecule has 0 radical (unpaired) electrons. The standard InChI is InChI=1S/C14H13N5O3S/c1-2-22-13(20)10-8-23-12(16-10)7-15-14(21)19-11-6-4-3-5-9(11)17-18-19/h3-6,8H,2,7H2,1H3,(H,15,21). The van der Waals surface area contributed by atoms with Gasteiger partial charge in [-0.15, -0.1) is 16.4 Å². The molecule has 0 aliphatic heterocycles. The summed E-state index contributed by atoms with van der Waals surface area (Å²) < 4.78 is 6.06. The first-order valence-corrected chi connectivity index (χ1v) is 7.77. The molecule has 0 aliphatic rings. The maximum Gasteiger partial charge on any atom is 0.357 e. The van der Waals surface area contributed by atoms with E-state index in [0.717, 1.165) is 0 Å². The Balaban J connectivity index is 1.66. The number of carbonyl (C=O) groups is 2. The number of thiazole rings is 1. The fourth-order valence-corrected chi connectivity index (χ4v) is 2.64. The quantitative estimate of drug-likeness (QED) is 0.732. The molecule has 2 aromatic heterocycles. The third kappa shape index (κ3) is 3.19. The van der Waals surface area contributed by atoms with Crippen LogP contribution in [-0.4, -0.2) is 38.6 Å². The van der Waals surface area contributed by atoms with Crippen molar-refractivity contribution in [1.82, 2.24) is 25.3 Å². The molecule has 2 heterocycles. The third-order valence-electron chi connectivity index (χ3n) is 2.97. The molecule has 23 heavy (non-hydrogen) atoms. The van der Waals surface area contributed by atoms with Gasteiger partial charge in [0.2, 0.25) is 0 Å². The summed E-state index contributed by atoms with van der Waals surface area (Å²) in [4.78, 5) is 27.8. The van der Waals surface area contributed by atoms with Crippen LogP contribution < -0.4 is 5.32 Å². The van der Waals surface area contributed by atoms with E-state index in [1.165, 1.54) is 16.0 Å². The number of hydrogen-bond donors (Lipinski definition) is 1. The first kappa shape index (κ1) is 15.1. The summed E-state index contributed by atoms with van der Waals surface area (Å²) in [6, 6.07) is 6.76. The lowest BCUT2D eigenvalue weighted by Gasteiger charge is -2.02. The molecular formula is C14H13N5O3S. The molecule has 1 N–H and O–H groups in total. The van der Waals surface area contributed by atoms with Crippen LogP contribution in [0.15, 0.2) is 29.6 Å². The maximum atomic E-state index is 12.2. The van der Waals surface area contributed by atoms with Gasteiger partial charge in [-0.1, -0.05) is 17.3 Å². The van der Waals surface area contributed by atoms with Crippen molar-refractivity contribution in [2.45, 2.75) is 13.5 Å². The van der Waals surface area contributed by atoms with Crippen molar-refractivity contribution in [3.8, 4) is 0 Å². The van der Waals surface area contributed by atoms with Crippen LogP contribution in [0.25, 0.3) is 11.0 Å². The molecule has 0 bridgehead atoms. The molecule has 118 valence electrons. The van der Waals surface area contributed by atoms with E-state index in [1.807, 2.05) is 12.1 Å². The molecule has 0 unspecified atom stereocenters. The van der Waals surface area contributed by atoms with Gasteiger partial charge in [0, 0.05) is 5.38 Å². The van der Waals surface area contributed by atoms with Gasteiger partial charge in [-0.3, -0.25) is 0 Å². The predicted molar refractivity (Wildman–Crippen MR) is 83.2 cm³/mol. The molecule has 3 aromatic rings. The van der Waals surface area contributed by atoms with Crippen molar-refractivity contribution in [1.29, 1.82) is 0 Å². The summed E-state index contributed by atoms with van der Waals surface area (Å²) in [7, 11) is 0. The minimum atomic E-state index is -0.469. The van der Waals surface area contributed by atoms with Crippen molar-refractivity contribution in [2.75, 3.05) is 6.61 Å². The number of hydrogen-bond acceptors (Lipinski definition) is 7. The molecule has 0 aliphatic carbocycles. The van der Waals surface area contributed by atoms with Gasteiger partial charge in [-0.05, 0) is 19.1 Å². The SMILES string of the molecule is CCOC(=O)c1csc(CNC(=O)n2nnc3ccccc32)n1. The highest BCUT2D eigenvalue weighted by atomic mass is 32.1. The Morgan fingerprint density at radius 3 is 3.00 bits per heavy atom. The lowest BCUT2D eigenvalue weighted by Crippen LogP contribution is -2.28. The molecular weight excluding hydrogens is 318 g/mol. The van der Waals surface area contributed by atoms with E-state index in [0.29, 0.717) is 22.6 Å². The first-order valence-electron chi connectivity index (χ1n) is 6.89. The summed E-state index contributed by atoms with van der Waals surface area (Å²) in [5.74, 6) is -0.469. The molecule has 0 spiro atoms. The van der Waals surface area contributed by atoms with Crippen LogP contribution in [0.3, 0.4) is 0 Å². The van der Waals surface area contributed by atoms with Crippen LogP contribution in [-0.2, 0) is 11.3 Å². The molecule has 9 heteroatoms. The van der Waals surface area contributed by atoms with Crippen LogP contribution in [0.2, 0.25) is 0 Å². The summed E-state index contributed by atoms with van der Waals surface area (Å²) in [6.45, 7) is 2.22. The van der Waals surface area contributed by atoms with Crippen molar-refractivity contribution >= 4 is 34.4 Å². The Bertz CT molecular complexity index is 857. The average Bonchev–Trinajstić information content (AvgIpc) is 3.20. The predicted octanol–water partition coefficient (Wildman–Crippen LogP) is 1.82. The van der Waals surface area contributed by atoms with E-state index in [-0.39, 0.29) is 12.2 Å². The Hall–Kier alpha value is -2.81. The van der Waals surface area contributed by atoms with E-state index in [2.05, 4.69) is 20.6 Å². The number of amides is 1. The van der Waals surface area contributed by atoms with E-state index in [4.69, 9.17) is 4.74 Å². The number of nitrogens with one attached hydrogen (secondary N) is 1. The van der Waals surface area contributed by atoms with E-state index in [9.17, 15) is 9.59 Å². The lowest BCUT2D eigenvalue weighted by atomic mass is 10.3. The van der Waals surface area contributed by atoms with Crippen molar-refractivity contribution in [3.63, 3.8) is 0 Å². The number of fused-ring (bicyclic) bond motifs is 1. The van der Waals surface area contributed by atoms with Crippen LogP contribution in [0.5, 0.6) is 0 Å². The molecule has 0 fully saturated rings. The molecule has 1 aromatic carbocycles. The average molecular weight is 331 g/mol. The van der Waals surface area contributed by atoms with Gasteiger partial charge in [0.05, 0.1) is 18.7 Å². The normalized spacial score (nSPS) is 10.7. The Morgan fingerprint density at radius 2 is 2.17 bits per heavy atom. The number of rotatable bonds is 4. The minimum absolute atomic E-state index is 0.192. The number of aromatic nitrogens is 4. The molecule has 8 nitrogen and oxygen atoms in total. The van der Waals surface area contributed by atoms with Gasteiger partial charge in [-0.2, -0.15) is 4.68 Å². The number of ether oxygens (including phenoxy) is 1. The summed E-state index contributed by atoms with van der Waals surface area (Å²) in [6.07, 6.45) is 0. The van der Waals surface area contributed by atoms with Gasteiger partial charge in [0.1, 0.15) is 10.5 Å². The Kier molecular flexibility index (Phi) is 4.29. The van der Waals surface area contributed by atoms with E-state index in [1.54, 1.807) is 24.4 Å². The zero-order chi connectivity index (χ0) is 16.2. The fraction of sp³-hybridized carbons (Fsp3) is 0.214. The minimum Gasteiger partial charge on any atom is -0.461 e. The van der Waals surface area contributed by atoms with E-state index < -0.39 is 12.0 Å². The number of benzene rings is 1. The summed E-state index contributed by atoms with van der Waals surface area (Å²) in [5.41, 5.74) is 1.50. The second kappa shape index (κ2) is 6.53. The van der Waals surface area contributed by atoms with Gasteiger partial charge in [-0.25, -0.2) is 14.6 Å². The number of nitrogens with zero attached hydrogens (tertiary/aromatic N) is 4. The highest BCUT2D eigenvalue weighted by molar-refractivity contribution is 7.09. The Labute approximate surface area is 135 Å². The number of para-hydroxylation sites is 1. The third-order valence-corrected chi connectivity index (χ3v) is 3.82. The van der Waals surface area contributed by atoms with Crippen molar-refractivity contribution < 1.29 is 14.3 Å². The lowest BCUT2D eigenvalue weighted by molar-refractivity contribution is 0.0520. The van der Waals surface area contributed by atoms with Crippen LogP contribution in [0, 0.1) is 0 Å². The van der Waals surface area contributed by atoms with Gasteiger partial charge < -0.3 is 10.1 Å². The monoisotopic (exact) mass is 331 g/mol. The molecule has 1 amide bonds. The van der Waals surface area contributed by atoms with Gasteiger partial charge >= 0.3 is 12.0 Å². The molecule has 3 rings (SSSR count). The molecule has 0 saturated heterocycles. The summed E-state index contributed by atoms with van der Waals surface area (Å²) in [5, 5.41) is 12.6. The van der Waals surface area contributed by atoms with Gasteiger partial charge in [0.25, 0.3) is 0 Å². The van der Waals surface area contributed by atoms with Crippen LogP contribution >= 0.6 is 11.3 Å². The highest BCUT2D eigenvalue weighted by Crippen LogP contribution is 2.12. The van der Waals surface area contributed by atoms with Crippen molar-refractivity contribution in [2.24, 2.45) is 0 Å². The van der Waals surface area contributed by atoms with E-state index >= 15 is 0 Å². The first-order chi connectivity index (χ1) is 11.2. The maximum absolute atomic E-state index is 12.2. The highest BCUT2D eigenvalue weighted by Gasteiger charge is 2.14. The van der Waals surface area contributed by atoms with Crippen LogP contribution in [0.4, 0.5) is 4.79 Å². The second-order valence-corrected chi connectivity index (χ2v) is 5.44. The number of esters is 1. The zero-order valence-corrected chi connectivity index (χ0v) is 13.0. The number of carbonyl (C=O) groups excluding carboxylic acids is 2. The van der Waals surface area contributed by atoms with Crippen molar-refractivity contribution in [3.05, 3.63) is 40.3 Å².